The van der Waals surface area contributed by atoms with Crippen LogP contribution in [0.15, 0.2) is 36.5 Å². The lowest BCUT2D eigenvalue weighted by Gasteiger charge is -2.30. The average molecular weight is 638 g/mol. The van der Waals surface area contributed by atoms with Crippen LogP contribution in [0.25, 0.3) is 22.2 Å². The first-order valence-electron chi connectivity index (χ1n) is 14.6. The van der Waals surface area contributed by atoms with Crippen LogP contribution in [0.4, 0.5) is 8.78 Å². The summed E-state index contributed by atoms with van der Waals surface area (Å²) in [6.45, 7) is 1.19. The molecule has 45 heavy (non-hydrogen) atoms. The first-order chi connectivity index (χ1) is 21.4. The lowest BCUT2D eigenvalue weighted by molar-refractivity contribution is -0.123. The molecule has 3 heterocycles. The minimum Gasteiger partial charge on any atom is -0.494 e. The van der Waals surface area contributed by atoms with E-state index in [-0.39, 0.29) is 46.8 Å². The summed E-state index contributed by atoms with van der Waals surface area (Å²) in [4.78, 5) is 30.7. The molecule has 4 aromatic rings. The molecule has 2 fully saturated rings. The first-order valence-corrected chi connectivity index (χ1v) is 15.0. The Kier molecular flexibility index (Phi) is 6.79. The molecule has 2 aromatic carbocycles. The number of carbonyl (C=O) groups excluding carboxylic acids is 2. The van der Waals surface area contributed by atoms with Gasteiger partial charge in [-0.25, -0.2) is 13.8 Å². The van der Waals surface area contributed by atoms with E-state index in [4.69, 9.17) is 26.8 Å². The Morgan fingerprint density at radius 2 is 1.96 bits per heavy atom. The molecule has 0 unspecified atom stereocenters. The number of halogens is 3. The molecule has 13 heteroatoms. The maximum absolute atomic E-state index is 15.2. The summed E-state index contributed by atoms with van der Waals surface area (Å²) in [6.07, 6.45) is 5.27. The molecule has 234 valence electrons. The van der Waals surface area contributed by atoms with Crippen LogP contribution >= 0.6 is 11.6 Å². The number of hydrogen-bond acceptors (Lipinski definition) is 7. The number of aliphatic hydroxyl groups is 1. The van der Waals surface area contributed by atoms with Crippen LogP contribution in [0.3, 0.4) is 0 Å². The summed E-state index contributed by atoms with van der Waals surface area (Å²) in [5.41, 5.74) is 3.82. The summed E-state index contributed by atoms with van der Waals surface area (Å²) in [5, 5.41) is 20.0. The standard InChI is InChI=1S/C32H30ClF2N5O5/c1-31(30(36)42)14-45-28-20(31)10-25(38-27(28)19-9-21(33)23(35)11-22(19)34)32(43,17-3-4-17)13-37-29(41)15-7-16-12-40(18-5-6-18)39-26(16)24(8-15)44-2/h7-12,17-18,43H,3-6,13-14H2,1-2H3,(H2,36,42)(H,37,41)/t31-,32+/m0/s1. The second kappa shape index (κ2) is 10.4. The third kappa shape index (κ3) is 4.87. The Hall–Kier alpha value is -4.29. The van der Waals surface area contributed by atoms with E-state index in [0.717, 1.165) is 24.3 Å². The van der Waals surface area contributed by atoms with Gasteiger partial charge in [-0.1, -0.05) is 11.6 Å². The van der Waals surface area contributed by atoms with Crippen LogP contribution in [-0.2, 0) is 15.8 Å². The van der Waals surface area contributed by atoms with E-state index in [2.05, 4.69) is 15.4 Å². The highest BCUT2D eigenvalue weighted by Gasteiger charge is 2.50. The molecule has 0 spiro atoms. The molecular weight excluding hydrogens is 608 g/mol. The molecule has 4 N–H and O–H groups in total. The molecule has 1 aliphatic heterocycles. The number of primary amides is 1. The van der Waals surface area contributed by atoms with Gasteiger partial charge in [0.05, 0.1) is 30.4 Å². The van der Waals surface area contributed by atoms with Gasteiger partial charge in [0.2, 0.25) is 5.91 Å². The van der Waals surface area contributed by atoms with Crippen molar-refractivity contribution in [3.63, 3.8) is 0 Å². The summed E-state index contributed by atoms with van der Waals surface area (Å²) >= 11 is 6.01. The quantitative estimate of drug-likeness (QED) is 0.229. The van der Waals surface area contributed by atoms with E-state index in [1.807, 2.05) is 10.9 Å². The topological polar surface area (TPSA) is 142 Å². The molecule has 7 rings (SSSR count). The summed E-state index contributed by atoms with van der Waals surface area (Å²) in [7, 11) is 1.51. The monoisotopic (exact) mass is 637 g/mol. The van der Waals surface area contributed by atoms with Crippen molar-refractivity contribution in [2.75, 3.05) is 20.3 Å². The maximum Gasteiger partial charge on any atom is 0.251 e. The normalized spacial score (nSPS) is 20.4. The first kappa shape index (κ1) is 29.4. The smallest absolute Gasteiger partial charge is 0.251 e. The zero-order valence-electron chi connectivity index (χ0n) is 24.5. The Labute approximate surface area is 261 Å². The van der Waals surface area contributed by atoms with Gasteiger partial charge in [0.25, 0.3) is 5.91 Å². The molecule has 0 bridgehead atoms. The molecule has 10 nitrogen and oxygen atoms in total. The van der Waals surface area contributed by atoms with Crippen molar-refractivity contribution in [1.29, 1.82) is 0 Å². The second-order valence-electron chi connectivity index (χ2n) is 12.3. The van der Waals surface area contributed by atoms with Crippen LogP contribution in [0, 0.1) is 17.6 Å². The zero-order valence-corrected chi connectivity index (χ0v) is 25.3. The number of aromatic nitrogens is 3. The predicted molar refractivity (Wildman–Crippen MR) is 160 cm³/mol. The summed E-state index contributed by atoms with van der Waals surface area (Å²) in [6, 6.07) is 6.89. The van der Waals surface area contributed by atoms with Crippen molar-refractivity contribution < 1.29 is 33.0 Å². The van der Waals surface area contributed by atoms with E-state index in [9.17, 15) is 19.1 Å². The molecular formula is C32H30ClF2N5O5. The Morgan fingerprint density at radius 3 is 2.62 bits per heavy atom. The number of rotatable bonds is 9. The van der Waals surface area contributed by atoms with E-state index in [1.165, 1.54) is 13.2 Å². The number of carbonyl (C=O) groups is 2. The number of nitrogens with one attached hydrogen (secondary N) is 1. The van der Waals surface area contributed by atoms with Gasteiger partial charge in [0.1, 0.15) is 52.0 Å². The Morgan fingerprint density at radius 1 is 1.20 bits per heavy atom. The van der Waals surface area contributed by atoms with Crippen molar-refractivity contribution in [3.05, 3.63) is 70.0 Å². The molecule has 2 saturated carbocycles. The van der Waals surface area contributed by atoms with Gasteiger partial charge >= 0.3 is 0 Å². The summed E-state index contributed by atoms with van der Waals surface area (Å²) in [5.74, 6) is -2.84. The largest absolute Gasteiger partial charge is 0.494 e. The fourth-order valence-electron chi connectivity index (χ4n) is 5.95. The van der Waals surface area contributed by atoms with Crippen LogP contribution < -0.4 is 20.5 Å². The van der Waals surface area contributed by atoms with Crippen molar-refractivity contribution in [2.24, 2.45) is 11.7 Å². The van der Waals surface area contributed by atoms with Crippen molar-refractivity contribution in [3.8, 4) is 22.8 Å². The van der Waals surface area contributed by atoms with Gasteiger partial charge in [0, 0.05) is 34.3 Å². The highest BCUT2D eigenvalue weighted by Crippen LogP contribution is 2.50. The van der Waals surface area contributed by atoms with Crippen molar-refractivity contribution in [1.82, 2.24) is 20.1 Å². The van der Waals surface area contributed by atoms with E-state index >= 15 is 4.39 Å². The van der Waals surface area contributed by atoms with E-state index in [1.54, 1.807) is 19.1 Å². The number of methoxy groups -OCH3 is 1. The van der Waals surface area contributed by atoms with Gasteiger partial charge in [-0.05, 0) is 62.8 Å². The fraction of sp³-hybridized carbons (Fsp3) is 0.375. The molecule has 2 atom stereocenters. The number of fused-ring (bicyclic) bond motifs is 2. The van der Waals surface area contributed by atoms with Crippen LogP contribution in [0.2, 0.25) is 5.02 Å². The highest BCUT2D eigenvalue weighted by molar-refractivity contribution is 6.31. The maximum atomic E-state index is 15.2. The number of hydrogen-bond donors (Lipinski definition) is 3. The zero-order chi connectivity index (χ0) is 31.8. The van der Waals surface area contributed by atoms with Gasteiger partial charge < -0.3 is 25.6 Å². The van der Waals surface area contributed by atoms with Crippen molar-refractivity contribution >= 4 is 34.3 Å². The minimum absolute atomic E-state index is 0.0693. The number of pyridine rings is 1. The molecule has 0 saturated heterocycles. The number of ether oxygens (including phenoxy) is 2. The van der Waals surface area contributed by atoms with Crippen LogP contribution in [0.5, 0.6) is 11.5 Å². The van der Waals surface area contributed by atoms with Crippen LogP contribution in [-0.4, -0.2) is 51.9 Å². The average Bonchev–Trinajstić information content (AvgIpc) is 3.96. The molecule has 2 aromatic heterocycles. The second-order valence-corrected chi connectivity index (χ2v) is 12.7. The van der Waals surface area contributed by atoms with Crippen LogP contribution in [0.1, 0.15) is 60.3 Å². The molecule has 2 amide bonds. The lowest BCUT2D eigenvalue weighted by Crippen LogP contribution is -2.44. The lowest BCUT2D eigenvalue weighted by atomic mass is 9.81. The van der Waals surface area contributed by atoms with Gasteiger partial charge in [-0.15, -0.1) is 0 Å². The Balaban J connectivity index is 1.27. The third-order valence-electron chi connectivity index (χ3n) is 9.09. The van der Waals surface area contributed by atoms with E-state index in [0.29, 0.717) is 47.3 Å². The molecule has 3 aliphatic rings. The molecule has 2 aliphatic carbocycles. The Bertz CT molecular complexity index is 1910. The third-order valence-corrected chi connectivity index (χ3v) is 9.38. The SMILES string of the molecule is COc1cc(C(=O)NC[C@](O)(c2cc3c(c(-c4cc(Cl)c(F)cc4F)n2)OC[C@]3(C)C(N)=O)C2CC2)cc2cn(C3CC3)nc12. The highest BCUT2D eigenvalue weighted by atomic mass is 35.5. The number of amides is 2. The van der Waals surface area contributed by atoms with Gasteiger partial charge in [-0.2, -0.15) is 5.10 Å². The number of nitrogens with zero attached hydrogens (tertiary/aromatic N) is 3. The number of nitrogens with two attached hydrogens (primary N) is 1. The van der Waals surface area contributed by atoms with Gasteiger partial charge in [-0.3, -0.25) is 14.3 Å². The molecule has 0 radical (unpaired) electrons. The number of benzene rings is 2. The van der Waals surface area contributed by atoms with E-state index < -0.39 is 34.5 Å². The summed E-state index contributed by atoms with van der Waals surface area (Å²) < 4.78 is 42.5. The van der Waals surface area contributed by atoms with Gasteiger partial charge in [0.15, 0.2) is 0 Å². The minimum atomic E-state index is -1.72. The van der Waals surface area contributed by atoms with Crippen molar-refractivity contribution in [2.45, 2.75) is 49.7 Å². The fourth-order valence-corrected chi connectivity index (χ4v) is 6.12. The predicted octanol–water partition coefficient (Wildman–Crippen LogP) is 4.54.